The van der Waals surface area contributed by atoms with E-state index in [-0.39, 0.29) is 17.9 Å². The number of hydrogen-bond acceptors (Lipinski definition) is 4. The van der Waals surface area contributed by atoms with Crippen molar-refractivity contribution in [3.05, 3.63) is 51.7 Å². The predicted molar refractivity (Wildman–Crippen MR) is 142 cm³/mol. The van der Waals surface area contributed by atoms with E-state index in [0.717, 1.165) is 44.2 Å². The lowest BCUT2D eigenvalue weighted by molar-refractivity contribution is -0.117. The number of carbonyl (C=O) groups excluding carboxylic acids is 2. The average molecular weight is 484 g/mol. The molecule has 1 aromatic heterocycles. The standard InChI is InChI=1S/C29H41NO3S/c1-4-6-7-8-9-23-11-14-25(15-12-23)30-24(16-19-28(30)31)13-10-22(3)21-26-17-18-27(34-26)29(32)33-20-5-2/h11-12,14-15,17-18,22,24H,4-10,13,16,19-21H2,1-3H3. The molecule has 3 rings (SSSR count). The second-order valence-electron chi connectivity index (χ2n) is 9.72. The van der Waals surface area contributed by atoms with Crippen molar-refractivity contribution in [2.24, 2.45) is 5.92 Å². The number of benzene rings is 1. The fraction of sp³-hybridized carbons (Fsp3) is 0.586. The highest BCUT2D eigenvalue weighted by Crippen LogP contribution is 2.31. The number of ether oxygens (including phenoxy) is 1. The quantitative estimate of drug-likeness (QED) is 0.205. The number of aryl methyl sites for hydroxylation is 1. The van der Waals surface area contributed by atoms with E-state index in [2.05, 4.69) is 44.2 Å². The molecule has 0 spiro atoms. The monoisotopic (exact) mass is 483 g/mol. The minimum atomic E-state index is -0.210. The number of amides is 1. The maximum atomic E-state index is 12.7. The molecule has 186 valence electrons. The van der Waals surface area contributed by atoms with Gasteiger partial charge in [0.1, 0.15) is 4.88 Å². The van der Waals surface area contributed by atoms with Crippen LogP contribution in [-0.4, -0.2) is 24.5 Å². The van der Waals surface area contributed by atoms with E-state index in [0.29, 0.717) is 23.8 Å². The topological polar surface area (TPSA) is 46.6 Å². The van der Waals surface area contributed by atoms with Gasteiger partial charge in [-0.25, -0.2) is 4.79 Å². The number of unbranched alkanes of at least 4 members (excludes halogenated alkanes) is 3. The van der Waals surface area contributed by atoms with E-state index in [1.165, 1.54) is 36.1 Å². The van der Waals surface area contributed by atoms with Crippen LogP contribution in [0.5, 0.6) is 0 Å². The van der Waals surface area contributed by atoms with Gasteiger partial charge in [-0.15, -0.1) is 11.3 Å². The van der Waals surface area contributed by atoms with Crippen LogP contribution in [0.1, 0.15) is 98.7 Å². The summed E-state index contributed by atoms with van der Waals surface area (Å²) in [6.07, 6.45) is 11.7. The van der Waals surface area contributed by atoms with E-state index in [1.54, 1.807) is 11.3 Å². The van der Waals surface area contributed by atoms with Gasteiger partial charge in [-0.2, -0.15) is 0 Å². The van der Waals surface area contributed by atoms with Crippen LogP contribution in [0.2, 0.25) is 0 Å². The summed E-state index contributed by atoms with van der Waals surface area (Å²) >= 11 is 1.55. The summed E-state index contributed by atoms with van der Waals surface area (Å²) < 4.78 is 5.24. The van der Waals surface area contributed by atoms with Crippen LogP contribution < -0.4 is 4.90 Å². The molecule has 1 saturated heterocycles. The summed E-state index contributed by atoms with van der Waals surface area (Å²) in [6.45, 7) is 6.98. The molecule has 2 atom stereocenters. The third kappa shape index (κ3) is 7.69. The summed E-state index contributed by atoms with van der Waals surface area (Å²) in [5.74, 6) is 0.542. The van der Waals surface area contributed by atoms with Crippen molar-refractivity contribution in [2.45, 2.75) is 97.4 Å². The first kappa shape index (κ1) is 26.5. The van der Waals surface area contributed by atoms with Gasteiger partial charge < -0.3 is 9.64 Å². The molecule has 5 heteroatoms. The maximum Gasteiger partial charge on any atom is 0.348 e. The van der Waals surface area contributed by atoms with Gasteiger partial charge in [0.2, 0.25) is 5.91 Å². The molecule has 1 aliphatic heterocycles. The normalized spacial score (nSPS) is 16.7. The molecule has 0 N–H and O–H groups in total. The summed E-state index contributed by atoms with van der Waals surface area (Å²) in [5, 5.41) is 0. The lowest BCUT2D eigenvalue weighted by Crippen LogP contribution is -2.33. The molecule has 2 aromatic rings. The predicted octanol–water partition coefficient (Wildman–Crippen LogP) is 7.59. The van der Waals surface area contributed by atoms with E-state index in [1.807, 2.05) is 17.9 Å². The van der Waals surface area contributed by atoms with Crippen molar-refractivity contribution >= 4 is 28.9 Å². The van der Waals surface area contributed by atoms with Crippen LogP contribution in [0.3, 0.4) is 0 Å². The van der Waals surface area contributed by atoms with Gasteiger partial charge in [0, 0.05) is 23.0 Å². The van der Waals surface area contributed by atoms with Gasteiger partial charge >= 0.3 is 5.97 Å². The smallest absolute Gasteiger partial charge is 0.348 e. The zero-order valence-corrected chi connectivity index (χ0v) is 22.0. The third-order valence-corrected chi connectivity index (χ3v) is 7.79. The highest BCUT2D eigenvalue weighted by molar-refractivity contribution is 7.13. The van der Waals surface area contributed by atoms with Gasteiger partial charge in [0.05, 0.1) is 6.61 Å². The Bertz CT molecular complexity index is 904. The molecule has 1 amide bonds. The molecule has 0 radical (unpaired) electrons. The number of carbonyl (C=O) groups is 2. The van der Waals surface area contributed by atoms with E-state index in [9.17, 15) is 9.59 Å². The fourth-order valence-electron chi connectivity index (χ4n) is 4.74. The van der Waals surface area contributed by atoms with Crippen molar-refractivity contribution in [1.29, 1.82) is 0 Å². The SMILES string of the molecule is CCCCCCc1ccc(N2C(=O)CCC2CCC(C)Cc2ccc(C(=O)OCCC)s2)cc1. The van der Waals surface area contributed by atoms with Gasteiger partial charge in [0.15, 0.2) is 0 Å². The Morgan fingerprint density at radius 3 is 2.62 bits per heavy atom. The number of rotatable bonds is 14. The van der Waals surface area contributed by atoms with Crippen molar-refractivity contribution < 1.29 is 14.3 Å². The lowest BCUT2D eigenvalue weighted by Gasteiger charge is -2.26. The molecule has 1 fully saturated rings. The van der Waals surface area contributed by atoms with Crippen LogP contribution in [0, 0.1) is 5.92 Å². The molecule has 2 unspecified atom stereocenters. The minimum absolute atomic E-state index is 0.210. The highest BCUT2D eigenvalue weighted by Gasteiger charge is 2.32. The largest absolute Gasteiger partial charge is 0.462 e. The first-order chi connectivity index (χ1) is 16.5. The molecule has 4 nitrogen and oxygen atoms in total. The summed E-state index contributed by atoms with van der Waals surface area (Å²) in [4.78, 5) is 28.7. The Balaban J connectivity index is 1.49. The minimum Gasteiger partial charge on any atom is -0.462 e. The van der Waals surface area contributed by atoms with Crippen molar-refractivity contribution in [3.63, 3.8) is 0 Å². The molecule has 1 aliphatic rings. The van der Waals surface area contributed by atoms with Crippen molar-refractivity contribution in [2.75, 3.05) is 11.5 Å². The summed E-state index contributed by atoms with van der Waals surface area (Å²) in [5.41, 5.74) is 2.41. The van der Waals surface area contributed by atoms with Gasteiger partial charge in [-0.05, 0) is 80.7 Å². The molecular weight excluding hydrogens is 442 g/mol. The number of anilines is 1. The van der Waals surface area contributed by atoms with Gasteiger partial charge in [0.25, 0.3) is 0 Å². The van der Waals surface area contributed by atoms with Crippen LogP contribution in [0.15, 0.2) is 36.4 Å². The number of nitrogens with zero attached hydrogens (tertiary/aromatic N) is 1. The van der Waals surface area contributed by atoms with E-state index in [4.69, 9.17) is 4.74 Å². The molecule has 2 heterocycles. The summed E-state index contributed by atoms with van der Waals surface area (Å²) in [6, 6.07) is 12.9. The first-order valence-corrected chi connectivity index (χ1v) is 14.0. The third-order valence-electron chi connectivity index (χ3n) is 6.70. The van der Waals surface area contributed by atoms with Gasteiger partial charge in [-0.1, -0.05) is 52.2 Å². The van der Waals surface area contributed by atoms with Crippen LogP contribution in [0.4, 0.5) is 5.69 Å². The number of esters is 1. The van der Waals surface area contributed by atoms with Crippen LogP contribution in [-0.2, 0) is 22.4 Å². The Labute approximate surface area is 209 Å². The Morgan fingerprint density at radius 1 is 1.09 bits per heavy atom. The highest BCUT2D eigenvalue weighted by atomic mass is 32.1. The maximum absolute atomic E-state index is 12.7. The Kier molecular flexibility index (Phi) is 10.6. The molecular formula is C29H41NO3S. The summed E-state index contributed by atoms with van der Waals surface area (Å²) in [7, 11) is 0. The van der Waals surface area contributed by atoms with Crippen molar-refractivity contribution in [3.8, 4) is 0 Å². The fourth-order valence-corrected chi connectivity index (χ4v) is 5.80. The second kappa shape index (κ2) is 13.7. The average Bonchev–Trinajstić information content (AvgIpc) is 3.46. The molecule has 0 aliphatic carbocycles. The van der Waals surface area contributed by atoms with E-state index >= 15 is 0 Å². The Morgan fingerprint density at radius 2 is 1.88 bits per heavy atom. The lowest BCUT2D eigenvalue weighted by atomic mass is 9.96. The van der Waals surface area contributed by atoms with Crippen LogP contribution in [0.25, 0.3) is 0 Å². The van der Waals surface area contributed by atoms with Crippen LogP contribution >= 0.6 is 11.3 Å². The van der Waals surface area contributed by atoms with Crippen molar-refractivity contribution in [1.82, 2.24) is 0 Å². The molecule has 0 saturated carbocycles. The first-order valence-electron chi connectivity index (χ1n) is 13.2. The number of thiophene rings is 1. The zero-order valence-electron chi connectivity index (χ0n) is 21.2. The van der Waals surface area contributed by atoms with E-state index < -0.39 is 0 Å². The molecule has 1 aromatic carbocycles. The zero-order chi connectivity index (χ0) is 24.3. The molecule has 34 heavy (non-hydrogen) atoms. The van der Waals surface area contributed by atoms with Gasteiger partial charge in [-0.3, -0.25) is 4.79 Å². The number of hydrogen-bond donors (Lipinski definition) is 0. The molecule has 0 bridgehead atoms. The second-order valence-corrected chi connectivity index (χ2v) is 10.9. The Hall–Kier alpha value is -2.14.